The molecule has 0 heterocycles. The second kappa shape index (κ2) is 8.89. The van der Waals surface area contributed by atoms with E-state index in [0.717, 1.165) is 5.56 Å². The van der Waals surface area contributed by atoms with Crippen LogP contribution in [0, 0.1) is 0 Å². The van der Waals surface area contributed by atoms with Crippen molar-refractivity contribution in [1.82, 2.24) is 0 Å². The molecule has 0 amide bonds. The fourth-order valence-electron chi connectivity index (χ4n) is 2.07. The van der Waals surface area contributed by atoms with E-state index < -0.39 is 5.97 Å². The van der Waals surface area contributed by atoms with Gasteiger partial charge in [0.1, 0.15) is 17.1 Å². The van der Waals surface area contributed by atoms with Crippen molar-refractivity contribution in [3.05, 3.63) is 65.9 Å². The molecule has 0 bridgehead atoms. The number of rotatable bonds is 6. The van der Waals surface area contributed by atoms with E-state index in [1.54, 1.807) is 12.1 Å². The Bertz CT molecular complexity index is 741. The van der Waals surface area contributed by atoms with Gasteiger partial charge in [-0.25, -0.2) is 4.79 Å². The third kappa shape index (κ3) is 4.61. The van der Waals surface area contributed by atoms with Crippen LogP contribution in [0.4, 0.5) is 0 Å². The van der Waals surface area contributed by atoms with Crippen molar-refractivity contribution in [3.63, 3.8) is 0 Å². The van der Waals surface area contributed by atoms with Gasteiger partial charge in [-0.3, -0.25) is 0 Å². The first kappa shape index (κ1) is 18.5. The molecule has 2 aromatic rings. The van der Waals surface area contributed by atoms with Crippen molar-refractivity contribution in [3.8, 4) is 11.5 Å². The Balaban J connectivity index is 2.40. The van der Waals surface area contributed by atoms with Gasteiger partial charge in [-0.1, -0.05) is 62.2 Å². The summed E-state index contributed by atoms with van der Waals surface area (Å²) in [5, 5.41) is 0. The summed E-state index contributed by atoms with van der Waals surface area (Å²) in [7, 11) is 2.80. The molecule has 0 radical (unpaired) electrons. The van der Waals surface area contributed by atoms with Crippen LogP contribution in [0.1, 0.15) is 14.9 Å². The second-order valence-corrected chi connectivity index (χ2v) is 7.79. The monoisotopic (exact) mass is 454 g/mol. The molecular weight excluding hydrogens is 440 g/mol. The maximum absolute atomic E-state index is 12.0. The number of carbonyl (C=O) groups is 1. The highest BCUT2D eigenvalue weighted by atomic mass is 79.9. The van der Waals surface area contributed by atoms with Crippen LogP contribution >= 0.6 is 31.9 Å². The van der Waals surface area contributed by atoms with Crippen LogP contribution in [-0.2, 0) is 14.3 Å². The highest BCUT2D eigenvalue weighted by molar-refractivity contribution is 9.24. The number of para-hydroxylation sites is 1. The molecule has 0 spiro atoms. The van der Waals surface area contributed by atoms with E-state index in [4.69, 9.17) is 14.2 Å². The third-order valence-corrected chi connectivity index (χ3v) is 4.21. The van der Waals surface area contributed by atoms with Crippen LogP contribution in [0.2, 0.25) is 0 Å². The molecule has 2 aromatic carbocycles. The Morgan fingerprint density at radius 1 is 1.08 bits per heavy atom. The van der Waals surface area contributed by atoms with Crippen molar-refractivity contribution >= 4 is 43.4 Å². The lowest BCUT2D eigenvalue weighted by molar-refractivity contribution is -0.133. The summed E-state index contributed by atoms with van der Waals surface area (Å²) in [4.78, 5) is 12.0. The topological polar surface area (TPSA) is 44.8 Å². The highest BCUT2D eigenvalue weighted by Gasteiger charge is 2.18. The maximum Gasteiger partial charge on any atom is 0.341 e. The van der Waals surface area contributed by atoms with Gasteiger partial charge in [-0.2, -0.15) is 0 Å². The molecule has 24 heavy (non-hydrogen) atoms. The fraction of sp³-hybridized carbons (Fsp3) is 0.167. The predicted molar refractivity (Wildman–Crippen MR) is 101 cm³/mol. The van der Waals surface area contributed by atoms with E-state index in [2.05, 4.69) is 31.9 Å². The lowest BCUT2D eigenvalue weighted by Crippen LogP contribution is -2.05. The average molecular weight is 456 g/mol. The van der Waals surface area contributed by atoms with Gasteiger partial charge in [0.05, 0.1) is 24.2 Å². The molecule has 0 atom stereocenters. The van der Waals surface area contributed by atoms with Crippen LogP contribution in [0.3, 0.4) is 0 Å². The summed E-state index contributed by atoms with van der Waals surface area (Å²) in [6, 6.07) is 14.8. The number of carbonyl (C=O) groups excluding carboxylic acids is 1. The normalized spacial score (nSPS) is 11.3. The number of hydrogen-bond donors (Lipinski definition) is 0. The molecule has 0 saturated heterocycles. The zero-order chi connectivity index (χ0) is 17.5. The van der Waals surface area contributed by atoms with Gasteiger partial charge in [-0.05, 0) is 23.8 Å². The lowest BCUT2D eigenvalue weighted by Gasteiger charge is -2.13. The van der Waals surface area contributed by atoms with Gasteiger partial charge in [0, 0.05) is 5.56 Å². The number of hydrogen-bond acceptors (Lipinski definition) is 4. The zero-order valence-corrected chi connectivity index (χ0v) is 16.3. The summed E-state index contributed by atoms with van der Waals surface area (Å²) in [6.45, 7) is 0. The minimum absolute atomic E-state index is 0.0304. The average Bonchev–Trinajstić information content (AvgIpc) is 2.60. The molecule has 126 valence electrons. The third-order valence-electron chi connectivity index (χ3n) is 3.16. The molecule has 2 rings (SSSR count). The van der Waals surface area contributed by atoms with Crippen LogP contribution in [0.15, 0.2) is 54.8 Å². The maximum atomic E-state index is 12.0. The molecule has 0 unspecified atom stereocenters. The SMILES string of the molecule is COC=C(C(=O)OC)c1ccccc1Oc1cccc(C(Br)Br)c1. The number of methoxy groups -OCH3 is 2. The first-order chi connectivity index (χ1) is 11.6. The largest absolute Gasteiger partial charge is 0.503 e. The summed E-state index contributed by atoms with van der Waals surface area (Å²) in [5.41, 5.74) is 1.89. The van der Waals surface area contributed by atoms with Crippen molar-refractivity contribution in [2.45, 2.75) is 3.74 Å². The summed E-state index contributed by atoms with van der Waals surface area (Å²) in [5.74, 6) is 0.692. The molecule has 0 fully saturated rings. The smallest absolute Gasteiger partial charge is 0.341 e. The first-order valence-corrected chi connectivity index (χ1v) is 8.86. The minimum Gasteiger partial charge on any atom is -0.503 e. The summed E-state index contributed by atoms with van der Waals surface area (Å²) < 4.78 is 15.8. The van der Waals surface area contributed by atoms with E-state index >= 15 is 0 Å². The Hall–Kier alpha value is -1.79. The van der Waals surface area contributed by atoms with E-state index in [1.165, 1.54) is 20.5 Å². The van der Waals surface area contributed by atoms with E-state index in [9.17, 15) is 4.79 Å². The van der Waals surface area contributed by atoms with Crippen LogP contribution in [0.25, 0.3) is 5.57 Å². The Morgan fingerprint density at radius 3 is 2.50 bits per heavy atom. The lowest BCUT2D eigenvalue weighted by atomic mass is 10.1. The van der Waals surface area contributed by atoms with Gasteiger partial charge >= 0.3 is 5.97 Å². The van der Waals surface area contributed by atoms with Gasteiger partial charge in [-0.15, -0.1) is 0 Å². The van der Waals surface area contributed by atoms with Crippen molar-refractivity contribution < 1.29 is 19.0 Å². The molecule has 0 N–H and O–H groups in total. The van der Waals surface area contributed by atoms with Crippen molar-refractivity contribution in [2.24, 2.45) is 0 Å². The molecule has 0 aliphatic rings. The van der Waals surface area contributed by atoms with Gasteiger partial charge in [0.2, 0.25) is 0 Å². The Kier molecular flexibility index (Phi) is 6.87. The molecule has 0 saturated carbocycles. The first-order valence-electron chi connectivity index (χ1n) is 7.03. The fourth-order valence-corrected chi connectivity index (χ4v) is 2.64. The summed E-state index contributed by atoms with van der Waals surface area (Å²) in [6.07, 6.45) is 1.34. The molecule has 0 aliphatic carbocycles. The van der Waals surface area contributed by atoms with Crippen LogP contribution in [-0.4, -0.2) is 20.2 Å². The molecule has 0 aromatic heterocycles. The Labute approximate surface area is 157 Å². The molecule has 6 heteroatoms. The number of esters is 1. The number of alkyl halides is 2. The summed E-state index contributed by atoms with van der Waals surface area (Å²) >= 11 is 6.93. The van der Waals surface area contributed by atoms with Gasteiger partial charge in [0.25, 0.3) is 0 Å². The molecule has 4 nitrogen and oxygen atoms in total. The zero-order valence-electron chi connectivity index (χ0n) is 13.2. The van der Waals surface area contributed by atoms with E-state index in [1.807, 2.05) is 36.4 Å². The molecular formula is C18H16Br2O4. The van der Waals surface area contributed by atoms with Gasteiger partial charge in [0.15, 0.2) is 0 Å². The number of halogens is 2. The van der Waals surface area contributed by atoms with Crippen molar-refractivity contribution in [2.75, 3.05) is 14.2 Å². The van der Waals surface area contributed by atoms with E-state index in [-0.39, 0.29) is 9.31 Å². The van der Waals surface area contributed by atoms with Crippen molar-refractivity contribution in [1.29, 1.82) is 0 Å². The van der Waals surface area contributed by atoms with Crippen LogP contribution in [0.5, 0.6) is 11.5 Å². The highest BCUT2D eigenvalue weighted by Crippen LogP contribution is 2.34. The minimum atomic E-state index is -0.498. The molecule has 0 aliphatic heterocycles. The van der Waals surface area contributed by atoms with Crippen LogP contribution < -0.4 is 4.74 Å². The van der Waals surface area contributed by atoms with Gasteiger partial charge < -0.3 is 14.2 Å². The Morgan fingerprint density at radius 2 is 1.83 bits per heavy atom. The quantitative estimate of drug-likeness (QED) is 0.252. The predicted octanol–water partition coefficient (Wildman–Crippen LogP) is 5.43. The standard InChI is InChI=1S/C18H16Br2O4/c1-22-11-15(18(21)23-2)14-8-3-4-9-16(14)24-13-7-5-6-12(10-13)17(19)20/h3-11,17H,1-2H3. The number of benzene rings is 2. The number of ether oxygens (including phenoxy) is 3. The van der Waals surface area contributed by atoms with E-state index in [0.29, 0.717) is 17.1 Å². The second-order valence-electron chi connectivity index (χ2n) is 4.73.